The number of hydrogen-bond donors (Lipinski definition) is 1. The van der Waals surface area contributed by atoms with Crippen LogP contribution in [0.25, 0.3) is 0 Å². The molecule has 2 amide bonds. The molecule has 0 aromatic heterocycles. The van der Waals surface area contributed by atoms with Gasteiger partial charge in [0.15, 0.2) is 0 Å². The van der Waals surface area contributed by atoms with E-state index in [0.29, 0.717) is 36.8 Å². The second kappa shape index (κ2) is 6.67. The third kappa shape index (κ3) is 3.99. The summed E-state index contributed by atoms with van der Waals surface area (Å²) in [6, 6.07) is 6.93. The van der Waals surface area contributed by atoms with Gasteiger partial charge in [-0.2, -0.15) is 0 Å². The quantitative estimate of drug-likeness (QED) is 0.901. The van der Waals surface area contributed by atoms with Gasteiger partial charge >= 0.3 is 0 Å². The Bertz CT molecular complexity index is 569. The summed E-state index contributed by atoms with van der Waals surface area (Å²) < 4.78 is 0. The monoisotopic (exact) mass is 323 g/mol. The molecule has 0 spiro atoms. The van der Waals surface area contributed by atoms with Crippen LogP contribution in [-0.4, -0.2) is 53.3 Å². The molecule has 0 unspecified atom stereocenters. The van der Waals surface area contributed by atoms with E-state index >= 15 is 0 Å². The van der Waals surface area contributed by atoms with Gasteiger partial charge in [-0.15, -0.1) is 0 Å². The van der Waals surface area contributed by atoms with Crippen molar-refractivity contribution in [2.24, 2.45) is 5.73 Å². The fourth-order valence-electron chi connectivity index (χ4n) is 2.54. The van der Waals surface area contributed by atoms with E-state index in [-0.39, 0.29) is 11.8 Å². The predicted octanol–water partition coefficient (Wildman–Crippen LogP) is 1.75. The number of halogens is 1. The normalized spacial score (nSPS) is 16.4. The number of nitrogens with two attached hydrogens (primary N) is 1. The zero-order valence-corrected chi connectivity index (χ0v) is 13.8. The van der Waals surface area contributed by atoms with Gasteiger partial charge in [-0.25, -0.2) is 0 Å². The van der Waals surface area contributed by atoms with Crippen molar-refractivity contribution in [1.82, 2.24) is 9.80 Å². The van der Waals surface area contributed by atoms with Gasteiger partial charge in [0.1, 0.15) is 0 Å². The van der Waals surface area contributed by atoms with Gasteiger partial charge in [-0.05, 0) is 38.5 Å². The first kappa shape index (κ1) is 16.8. The second-order valence-corrected chi connectivity index (χ2v) is 6.61. The lowest BCUT2D eigenvalue weighted by Crippen LogP contribution is -2.52. The third-order valence-electron chi connectivity index (χ3n) is 3.69. The summed E-state index contributed by atoms with van der Waals surface area (Å²) in [5, 5.41) is 0.544. The molecule has 0 aliphatic carbocycles. The molecule has 22 heavy (non-hydrogen) atoms. The zero-order chi connectivity index (χ0) is 16.3. The second-order valence-electron chi connectivity index (χ2n) is 6.17. The SMILES string of the molecule is CC(C)(N)C(=O)N1CCCN(C(=O)c2cccc(Cl)c2)CC1. The highest BCUT2D eigenvalue weighted by Gasteiger charge is 2.30. The van der Waals surface area contributed by atoms with Crippen LogP contribution in [0.5, 0.6) is 0 Å². The highest BCUT2D eigenvalue weighted by atomic mass is 35.5. The molecular formula is C16H22ClN3O2. The van der Waals surface area contributed by atoms with Crippen molar-refractivity contribution in [2.75, 3.05) is 26.2 Å². The van der Waals surface area contributed by atoms with Crippen molar-refractivity contribution in [3.05, 3.63) is 34.9 Å². The Morgan fingerprint density at radius 1 is 1.14 bits per heavy atom. The van der Waals surface area contributed by atoms with Crippen LogP contribution in [0.2, 0.25) is 5.02 Å². The minimum absolute atomic E-state index is 0.0520. The Morgan fingerprint density at radius 3 is 2.41 bits per heavy atom. The van der Waals surface area contributed by atoms with E-state index < -0.39 is 5.54 Å². The van der Waals surface area contributed by atoms with E-state index in [1.807, 2.05) is 0 Å². The molecule has 6 heteroatoms. The molecule has 1 aromatic rings. The van der Waals surface area contributed by atoms with Crippen LogP contribution in [0.1, 0.15) is 30.6 Å². The van der Waals surface area contributed by atoms with E-state index in [2.05, 4.69) is 0 Å². The van der Waals surface area contributed by atoms with Crippen molar-refractivity contribution in [1.29, 1.82) is 0 Å². The van der Waals surface area contributed by atoms with E-state index in [4.69, 9.17) is 17.3 Å². The molecule has 0 atom stereocenters. The van der Waals surface area contributed by atoms with Crippen LogP contribution < -0.4 is 5.73 Å². The van der Waals surface area contributed by atoms with E-state index in [0.717, 1.165) is 6.42 Å². The van der Waals surface area contributed by atoms with Gasteiger partial charge in [-0.3, -0.25) is 9.59 Å². The maximum atomic E-state index is 12.5. The summed E-state index contributed by atoms with van der Waals surface area (Å²) in [5.41, 5.74) is 5.57. The Hall–Kier alpha value is -1.59. The summed E-state index contributed by atoms with van der Waals surface area (Å²) >= 11 is 5.94. The highest BCUT2D eigenvalue weighted by Crippen LogP contribution is 2.15. The first-order chi connectivity index (χ1) is 10.3. The van der Waals surface area contributed by atoms with E-state index in [1.165, 1.54) is 0 Å². The van der Waals surface area contributed by atoms with Crippen molar-refractivity contribution < 1.29 is 9.59 Å². The first-order valence-corrected chi connectivity index (χ1v) is 7.80. The van der Waals surface area contributed by atoms with Gasteiger partial charge in [0.2, 0.25) is 5.91 Å². The average Bonchev–Trinajstić information content (AvgIpc) is 2.70. The van der Waals surface area contributed by atoms with Crippen molar-refractivity contribution in [3.63, 3.8) is 0 Å². The van der Waals surface area contributed by atoms with E-state index in [9.17, 15) is 9.59 Å². The number of hydrogen-bond acceptors (Lipinski definition) is 3. The van der Waals surface area contributed by atoms with E-state index in [1.54, 1.807) is 47.9 Å². The number of benzene rings is 1. The molecule has 2 N–H and O–H groups in total. The average molecular weight is 324 g/mol. The van der Waals surface area contributed by atoms with Crippen molar-refractivity contribution in [2.45, 2.75) is 25.8 Å². The fourth-order valence-corrected chi connectivity index (χ4v) is 2.73. The summed E-state index contributed by atoms with van der Waals surface area (Å²) in [5.74, 6) is -0.131. The summed E-state index contributed by atoms with van der Waals surface area (Å²) in [7, 11) is 0. The van der Waals surface area contributed by atoms with Gasteiger partial charge in [-0.1, -0.05) is 17.7 Å². The van der Waals surface area contributed by atoms with Gasteiger partial charge < -0.3 is 15.5 Å². The van der Waals surface area contributed by atoms with Crippen LogP contribution in [0.15, 0.2) is 24.3 Å². The standard InChI is InChI=1S/C16H22ClN3O2/c1-16(2,18)15(22)20-8-4-7-19(9-10-20)14(21)12-5-3-6-13(17)11-12/h3,5-6,11H,4,7-10,18H2,1-2H3. The molecule has 120 valence electrons. The molecule has 2 rings (SSSR count). The summed E-state index contributed by atoms with van der Waals surface area (Å²) in [6.07, 6.45) is 0.744. The van der Waals surface area contributed by atoms with Crippen molar-refractivity contribution in [3.8, 4) is 0 Å². The number of nitrogens with zero attached hydrogens (tertiary/aromatic N) is 2. The maximum Gasteiger partial charge on any atom is 0.253 e. The minimum Gasteiger partial charge on any atom is -0.339 e. The molecule has 1 heterocycles. The Morgan fingerprint density at radius 2 is 1.77 bits per heavy atom. The highest BCUT2D eigenvalue weighted by molar-refractivity contribution is 6.30. The van der Waals surface area contributed by atoms with Crippen LogP contribution in [0.3, 0.4) is 0 Å². The van der Waals surface area contributed by atoms with Crippen LogP contribution in [0.4, 0.5) is 0 Å². The molecular weight excluding hydrogens is 302 g/mol. The zero-order valence-electron chi connectivity index (χ0n) is 13.0. The Labute approximate surface area is 136 Å². The first-order valence-electron chi connectivity index (χ1n) is 7.42. The van der Waals surface area contributed by atoms with Gasteiger partial charge in [0, 0.05) is 36.8 Å². The lowest BCUT2D eigenvalue weighted by atomic mass is 10.1. The number of carbonyl (C=O) groups excluding carboxylic acids is 2. The summed E-state index contributed by atoms with van der Waals surface area (Å²) in [6.45, 7) is 5.67. The lowest BCUT2D eigenvalue weighted by Gasteiger charge is -2.28. The van der Waals surface area contributed by atoms with Gasteiger partial charge in [0.25, 0.3) is 5.91 Å². The molecule has 1 aromatic carbocycles. The Balaban J connectivity index is 2.04. The molecule has 1 saturated heterocycles. The Kier molecular flexibility index (Phi) is 5.08. The number of rotatable bonds is 2. The third-order valence-corrected chi connectivity index (χ3v) is 3.93. The number of carbonyl (C=O) groups is 2. The lowest BCUT2D eigenvalue weighted by molar-refractivity contribution is -0.135. The van der Waals surface area contributed by atoms with Crippen molar-refractivity contribution >= 4 is 23.4 Å². The number of amides is 2. The summed E-state index contributed by atoms with van der Waals surface area (Å²) in [4.78, 5) is 28.3. The van der Waals surface area contributed by atoms with Crippen LogP contribution in [0, 0.1) is 0 Å². The molecule has 1 aliphatic rings. The largest absolute Gasteiger partial charge is 0.339 e. The molecule has 0 saturated carbocycles. The minimum atomic E-state index is -0.883. The molecule has 1 aliphatic heterocycles. The molecule has 0 radical (unpaired) electrons. The fraction of sp³-hybridized carbons (Fsp3) is 0.500. The smallest absolute Gasteiger partial charge is 0.253 e. The maximum absolute atomic E-state index is 12.5. The molecule has 5 nitrogen and oxygen atoms in total. The van der Waals surface area contributed by atoms with Crippen LogP contribution in [-0.2, 0) is 4.79 Å². The molecule has 0 bridgehead atoms. The molecule has 1 fully saturated rings. The topological polar surface area (TPSA) is 66.6 Å². The van der Waals surface area contributed by atoms with Crippen LogP contribution >= 0.6 is 11.6 Å². The van der Waals surface area contributed by atoms with Gasteiger partial charge in [0.05, 0.1) is 5.54 Å². The predicted molar refractivity (Wildman–Crippen MR) is 86.8 cm³/mol.